The van der Waals surface area contributed by atoms with Crippen molar-refractivity contribution >= 4 is 117 Å². The van der Waals surface area contributed by atoms with Gasteiger partial charge in [0.05, 0.1) is 0 Å². The summed E-state index contributed by atoms with van der Waals surface area (Å²) in [5, 5.41) is 18.1. The highest BCUT2D eigenvalue weighted by Crippen LogP contribution is 2.50. The molecule has 0 radical (unpaired) electrons. The maximum absolute atomic E-state index is 2.45. The number of benzene rings is 13. The van der Waals surface area contributed by atoms with E-state index in [1.807, 2.05) is 22.7 Å². The summed E-state index contributed by atoms with van der Waals surface area (Å²) in [5.41, 5.74) is 12.7. The van der Waals surface area contributed by atoms with Gasteiger partial charge in [0, 0.05) is 45.9 Å². The molecule has 15 rings (SSSR count). The third kappa shape index (κ3) is 6.01. The first kappa shape index (κ1) is 39.6. The fourth-order valence-electron chi connectivity index (χ4n) is 11.7. The summed E-state index contributed by atoms with van der Waals surface area (Å²) in [6, 6.07) is 90.5. The van der Waals surface area contributed by atoms with Crippen LogP contribution < -0.4 is 0 Å². The summed E-state index contributed by atoms with van der Waals surface area (Å²) < 4.78 is 5.29. The van der Waals surface area contributed by atoms with Crippen LogP contribution in [0.5, 0.6) is 0 Å². The maximum Gasteiger partial charge on any atom is 0.0434 e. The molecule has 70 heavy (non-hydrogen) atoms. The zero-order valence-corrected chi connectivity index (χ0v) is 39.5. The first-order valence-electron chi connectivity index (χ1n) is 24.1. The van der Waals surface area contributed by atoms with Crippen LogP contribution in [0, 0.1) is 0 Å². The quantitative estimate of drug-likeness (QED) is 0.151. The minimum Gasteiger partial charge on any atom is -0.135 e. The minimum atomic E-state index is 1.22. The Balaban J connectivity index is 0.847. The summed E-state index contributed by atoms with van der Waals surface area (Å²) >= 11 is 3.83. The van der Waals surface area contributed by atoms with Crippen molar-refractivity contribution in [3.8, 4) is 55.6 Å². The standard InChI is InChI=1S/C68H40S2/c1-3-17-41(18-4-1)64-49-23-7-9-25-51(49)66(52-26-10-8-24-50(52)64)45-22-15-21-43(35-45)44-33-34-48-59-36-46-37-60-57-31-16-32-58(68(57)70-63(60)40-47(46)39-62(59)69-61(48)38-44)67-55-29-13-11-27-53(55)65(42-19-5-2-6-20-42)54-28-12-14-30-56(54)67/h1-40H. The van der Waals surface area contributed by atoms with Crippen molar-refractivity contribution in [2.75, 3.05) is 0 Å². The van der Waals surface area contributed by atoms with Gasteiger partial charge in [-0.2, -0.15) is 0 Å². The molecule has 0 aliphatic heterocycles. The van der Waals surface area contributed by atoms with Crippen LogP contribution in [-0.4, -0.2) is 0 Å². The van der Waals surface area contributed by atoms with Crippen molar-refractivity contribution in [2.24, 2.45) is 0 Å². The van der Waals surface area contributed by atoms with Crippen molar-refractivity contribution in [1.29, 1.82) is 0 Å². The topological polar surface area (TPSA) is 0 Å². The highest BCUT2D eigenvalue weighted by atomic mass is 32.1. The Kier molecular flexibility index (Phi) is 8.80. The van der Waals surface area contributed by atoms with Crippen LogP contribution >= 0.6 is 22.7 Å². The van der Waals surface area contributed by atoms with E-state index in [1.165, 1.54) is 150 Å². The van der Waals surface area contributed by atoms with E-state index < -0.39 is 0 Å². The molecule has 0 aliphatic carbocycles. The van der Waals surface area contributed by atoms with Crippen LogP contribution in [0.4, 0.5) is 0 Å². The van der Waals surface area contributed by atoms with E-state index in [-0.39, 0.29) is 0 Å². The van der Waals surface area contributed by atoms with Crippen LogP contribution in [0.25, 0.3) is 150 Å². The monoisotopic (exact) mass is 920 g/mol. The fraction of sp³-hybridized carbons (Fsp3) is 0. The highest BCUT2D eigenvalue weighted by molar-refractivity contribution is 7.26. The second-order valence-corrected chi connectivity index (χ2v) is 20.8. The smallest absolute Gasteiger partial charge is 0.0434 e. The van der Waals surface area contributed by atoms with E-state index in [2.05, 4.69) is 243 Å². The third-order valence-corrected chi connectivity index (χ3v) is 17.1. The van der Waals surface area contributed by atoms with Crippen LogP contribution in [-0.2, 0) is 0 Å². The lowest BCUT2D eigenvalue weighted by Gasteiger charge is -2.18. The summed E-state index contributed by atoms with van der Waals surface area (Å²) in [6.07, 6.45) is 0. The number of thiophene rings is 2. The van der Waals surface area contributed by atoms with Crippen LogP contribution in [0.3, 0.4) is 0 Å². The maximum atomic E-state index is 2.45. The molecule has 324 valence electrons. The summed E-state index contributed by atoms with van der Waals surface area (Å²) in [6.45, 7) is 0. The average molecular weight is 921 g/mol. The lowest BCUT2D eigenvalue weighted by Crippen LogP contribution is -1.91. The largest absolute Gasteiger partial charge is 0.135 e. The van der Waals surface area contributed by atoms with Gasteiger partial charge in [-0.15, -0.1) is 22.7 Å². The van der Waals surface area contributed by atoms with E-state index in [9.17, 15) is 0 Å². The molecule has 15 aromatic rings. The van der Waals surface area contributed by atoms with Gasteiger partial charge >= 0.3 is 0 Å². The van der Waals surface area contributed by atoms with Gasteiger partial charge in [0.25, 0.3) is 0 Å². The Hall–Kier alpha value is -8.40. The number of fused-ring (bicyclic) bond motifs is 11. The van der Waals surface area contributed by atoms with Gasteiger partial charge in [-0.05, 0) is 140 Å². The second-order valence-electron chi connectivity index (χ2n) is 18.6. The van der Waals surface area contributed by atoms with Gasteiger partial charge in [0.2, 0.25) is 0 Å². The molecule has 0 aliphatic rings. The number of rotatable bonds is 5. The Labute approximate surface area is 412 Å². The van der Waals surface area contributed by atoms with Crippen LogP contribution in [0.2, 0.25) is 0 Å². The van der Waals surface area contributed by atoms with Crippen molar-refractivity contribution in [3.63, 3.8) is 0 Å². The zero-order chi connectivity index (χ0) is 45.9. The predicted octanol–water partition coefficient (Wildman–Crippen LogP) is 20.5. The molecule has 0 saturated heterocycles. The van der Waals surface area contributed by atoms with Gasteiger partial charge in [0.1, 0.15) is 0 Å². The molecular weight excluding hydrogens is 881 g/mol. The predicted molar refractivity (Wildman–Crippen MR) is 307 cm³/mol. The average Bonchev–Trinajstić information content (AvgIpc) is 3.97. The Morgan fingerprint density at radius 3 is 1.14 bits per heavy atom. The molecule has 2 heterocycles. The molecule has 2 heteroatoms. The van der Waals surface area contributed by atoms with Gasteiger partial charge in [-0.1, -0.05) is 206 Å². The van der Waals surface area contributed by atoms with E-state index in [4.69, 9.17) is 0 Å². The SMILES string of the molecule is c1ccc(-c2c3ccccc3c(-c3cccc(-c4ccc5c(c4)sc4cc6cc7sc8c(-c9c%10ccccc%10c(-c%10ccccc%10)c%10ccccc9%10)cccc8c7cc6cc45)c3)c3ccccc23)cc1. The first-order chi connectivity index (χ1) is 34.7. The molecule has 0 nitrogen and oxygen atoms in total. The van der Waals surface area contributed by atoms with Gasteiger partial charge in [-0.25, -0.2) is 0 Å². The summed E-state index contributed by atoms with van der Waals surface area (Å²) in [5.74, 6) is 0. The lowest BCUT2D eigenvalue weighted by atomic mass is 9.85. The third-order valence-electron chi connectivity index (χ3n) is 14.8. The zero-order valence-electron chi connectivity index (χ0n) is 37.9. The number of hydrogen-bond donors (Lipinski definition) is 0. The van der Waals surface area contributed by atoms with Crippen molar-refractivity contribution < 1.29 is 0 Å². The first-order valence-corrected chi connectivity index (χ1v) is 25.7. The van der Waals surface area contributed by atoms with Crippen molar-refractivity contribution in [3.05, 3.63) is 243 Å². The van der Waals surface area contributed by atoms with Gasteiger partial charge < -0.3 is 0 Å². The summed E-state index contributed by atoms with van der Waals surface area (Å²) in [4.78, 5) is 0. The lowest BCUT2D eigenvalue weighted by molar-refractivity contribution is 1.63. The van der Waals surface area contributed by atoms with E-state index in [1.54, 1.807) is 0 Å². The highest BCUT2D eigenvalue weighted by Gasteiger charge is 2.21. The molecule has 0 atom stereocenters. The summed E-state index contributed by atoms with van der Waals surface area (Å²) in [7, 11) is 0. The molecule has 0 saturated carbocycles. The molecule has 0 fully saturated rings. The van der Waals surface area contributed by atoms with E-state index >= 15 is 0 Å². The van der Waals surface area contributed by atoms with Gasteiger partial charge in [0.15, 0.2) is 0 Å². The molecule has 13 aromatic carbocycles. The fourth-order valence-corrected chi connectivity index (χ4v) is 14.2. The van der Waals surface area contributed by atoms with Gasteiger partial charge in [-0.3, -0.25) is 0 Å². The second kappa shape index (κ2) is 15.6. The Morgan fingerprint density at radius 1 is 0.200 bits per heavy atom. The molecule has 2 aromatic heterocycles. The normalized spacial score (nSPS) is 12.0. The Bertz CT molecular complexity index is 4520. The van der Waals surface area contributed by atoms with E-state index in [0.717, 1.165) is 0 Å². The van der Waals surface area contributed by atoms with E-state index in [0.29, 0.717) is 0 Å². The molecule has 0 bridgehead atoms. The molecule has 0 amide bonds. The molecule has 0 spiro atoms. The van der Waals surface area contributed by atoms with Crippen molar-refractivity contribution in [1.82, 2.24) is 0 Å². The molecular formula is C68H40S2. The molecule has 0 N–H and O–H groups in total. The molecule has 0 unspecified atom stereocenters. The van der Waals surface area contributed by atoms with Crippen molar-refractivity contribution in [2.45, 2.75) is 0 Å². The Morgan fingerprint density at radius 2 is 0.586 bits per heavy atom. The minimum absolute atomic E-state index is 1.22. The van der Waals surface area contributed by atoms with Crippen LogP contribution in [0.15, 0.2) is 243 Å². The van der Waals surface area contributed by atoms with Crippen LogP contribution in [0.1, 0.15) is 0 Å². The number of hydrogen-bond acceptors (Lipinski definition) is 2.